The molecule has 45 heavy (non-hydrogen) atoms. The van der Waals surface area contributed by atoms with E-state index in [-0.39, 0.29) is 57.9 Å². The summed E-state index contributed by atoms with van der Waals surface area (Å²) in [6.07, 6.45) is -0.648. The number of phenolic OH excluding ortho intramolecular Hbond substituents is 2. The summed E-state index contributed by atoms with van der Waals surface area (Å²) in [6.45, 7) is 28.2. The van der Waals surface area contributed by atoms with Gasteiger partial charge in [0.25, 0.3) is 0 Å². The van der Waals surface area contributed by atoms with Gasteiger partial charge in [-0.1, -0.05) is 96.9 Å². The second-order valence-electron chi connectivity index (χ2n) is 16.1. The lowest BCUT2D eigenvalue weighted by atomic mass is 9.78. The van der Waals surface area contributed by atoms with Crippen LogP contribution < -0.4 is 0 Å². The van der Waals surface area contributed by atoms with Gasteiger partial charge in [-0.25, -0.2) is 0 Å². The topological polar surface area (TPSA) is 93.1 Å². The highest BCUT2D eigenvalue weighted by atomic mass is 32.2. The minimum absolute atomic E-state index is 0.243. The highest BCUT2D eigenvalue weighted by molar-refractivity contribution is 7.99. The highest BCUT2D eigenvalue weighted by Crippen LogP contribution is 2.44. The second-order valence-corrected chi connectivity index (χ2v) is 17.2. The molecule has 0 radical (unpaired) electrons. The molecular formula is C38H58O6S. The molecule has 0 bridgehead atoms. The van der Waals surface area contributed by atoms with Gasteiger partial charge < -0.3 is 19.7 Å². The van der Waals surface area contributed by atoms with Crippen molar-refractivity contribution in [1.82, 2.24) is 0 Å². The number of esters is 2. The van der Waals surface area contributed by atoms with Gasteiger partial charge in [-0.3, -0.25) is 9.59 Å². The van der Waals surface area contributed by atoms with Gasteiger partial charge in [-0.2, -0.15) is 11.8 Å². The molecule has 2 unspecified atom stereocenters. The third-order valence-electron chi connectivity index (χ3n) is 7.90. The molecule has 0 saturated heterocycles. The van der Waals surface area contributed by atoms with Crippen LogP contribution in [0.3, 0.4) is 0 Å². The van der Waals surface area contributed by atoms with Crippen LogP contribution in [0.15, 0.2) is 24.3 Å². The number of carbonyl (C=O) groups is 2. The van der Waals surface area contributed by atoms with Gasteiger partial charge in [-0.15, -0.1) is 0 Å². The van der Waals surface area contributed by atoms with Crippen LogP contribution in [-0.2, 0) is 40.7 Å². The van der Waals surface area contributed by atoms with Gasteiger partial charge in [0, 0.05) is 24.3 Å². The van der Waals surface area contributed by atoms with Crippen LogP contribution >= 0.6 is 11.8 Å². The third kappa shape index (κ3) is 10.2. The van der Waals surface area contributed by atoms with Crippen LogP contribution in [0, 0.1) is 0 Å². The van der Waals surface area contributed by atoms with Crippen molar-refractivity contribution in [3.63, 3.8) is 0 Å². The van der Waals surface area contributed by atoms with Gasteiger partial charge in [-0.05, 0) is 79.3 Å². The Morgan fingerprint density at radius 1 is 0.578 bits per heavy atom. The van der Waals surface area contributed by atoms with Gasteiger partial charge in [0.05, 0.1) is 0 Å². The average molecular weight is 643 g/mol. The number of carbonyl (C=O) groups excluding carboxylic acids is 2. The number of ether oxygens (including phenoxy) is 2. The maximum Gasteiger partial charge on any atom is 0.306 e. The Morgan fingerprint density at radius 2 is 0.822 bits per heavy atom. The number of benzene rings is 2. The summed E-state index contributed by atoms with van der Waals surface area (Å²) in [6, 6.07) is 7.83. The Bertz CT molecular complexity index is 1170. The molecule has 252 valence electrons. The van der Waals surface area contributed by atoms with Crippen LogP contribution in [0.25, 0.3) is 0 Å². The Kier molecular flexibility index (Phi) is 12.3. The molecule has 0 aromatic heterocycles. The molecule has 7 heteroatoms. The molecule has 0 heterocycles. The lowest BCUT2D eigenvalue weighted by Gasteiger charge is -2.30. The number of phenols is 2. The third-order valence-corrected chi connectivity index (χ3v) is 8.98. The molecule has 2 aromatic carbocycles. The largest absolute Gasteiger partial charge is 0.507 e. The number of thioether (sulfide) groups is 1. The van der Waals surface area contributed by atoms with Crippen LogP contribution in [0.1, 0.15) is 155 Å². The van der Waals surface area contributed by atoms with Crippen molar-refractivity contribution in [1.29, 1.82) is 0 Å². The Hall–Kier alpha value is -2.67. The lowest BCUT2D eigenvalue weighted by Crippen LogP contribution is -2.21. The first kappa shape index (κ1) is 38.5. The van der Waals surface area contributed by atoms with Gasteiger partial charge in [0.15, 0.2) is 0 Å². The SMILES string of the molecule is CCC(=O)OC(CSCC(OC(=O)CC)c1cc(C(C)(C)C)c(O)c(C(C)(C)C)c1)c1cc(C(C)(C)C)c(O)c(C(C)(C)C)c1. The molecule has 2 rings (SSSR count). The first-order valence-electron chi connectivity index (χ1n) is 16.1. The maximum absolute atomic E-state index is 12.6. The van der Waals surface area contributed by atoms with Crippen LogP contribution in [0.2, 0.25) is 0 Å². The molecular weight excluding hydrogens is 584 g/mol. The fourth-order valence-corrected chi connectivity index (χ4v) is 6.22. The van der Waals surface area contributed by atoms with E-state index in [4.69, 9.17) is 9.47 Å². The molecule has 6 nitrogen and oxygen atoms in total. The first-order valence-corrected chi connectivity index (χ1v) is 17.3. The number of aromatic hydroxyl groups is 2. The number of hydrogen-bond donors (Lipinski definition) is 2. The Morgan fingerprint density at radius 3 is 1.02 bits per heavy atom. The number of rotatable bonds is 10. The molecule has 0 aliphatic heterocycles. The summed E-state index contributed by atoms with van der Waals surface area (Å²) < 4.78 is 12.0. The first-order chi connectivity index (χ1) is 20.4. The van der Waals surface area contributed by atoms with E-state index >= 15 is 0 Å². The van der Waals surface area contributed by atoms with E-state index < -0.39 is 12.2 Å². The van der Waals surface area contributed by atoms with Gasteiger partial charge >= 0.3 is 11.9 Å². The van der Waals surface area contributed by atoms with Crippen molar-refractivity contribution >= 4 is 23.7 Å². The van der Waals surface area contributed by atoms with Crippen molar-refractivity contribution < 1.29 is 29.3 Å². The molecule has 2 N–H and O–H groups in total. The fourth-order valence-electron chi connectivity index (χ4n) is 5.13. The van der Waals surface area contributed by atoms with Gasteiger partial charge in [0.2, 0.25) is 0 Å². The maximum atomic E-state index is 12.6. The predicted molar refractivity (Wildman–Crippen MR) is 187 cm³/mol. The van der Waals surface area contributed by atoms with E-state index in [0.717, 1.165) is 33.4 Å². The minimum Gasteiger partial charge on any atom is -0.507 e. The average Bonchev–Trinajstić information content (AvgIpc) is 2.89. The van der Waals surface area contributed by atoms with Crippen LogP contribution in [0.5, 0.6) is 11.5 Å². The summed E-state index contributed by atoms with van der Waals surface area (Å²) in [5.41, 5.74) is 3.53. The van der Waals surface area contributed by atoms with Crippen LogP contribution in [-0.4, -0.2) is 33.7 Å². The minimum atomic E-state index is -0.567. The number of hydrogen-bond acceptors (Lipinski definition) is 7. The molecule has 0 amide bonds. The normalized spacial score (nSPS) is 14.2. The summed E-state index contributed by atoms with van der Waals surface area (Å²) >= 11 is 1.55. The molecule has 2 aromatic rings. The Balaban J connectivity index is 2.60. The van der Waals surface area contributed by atoms with Crippen molar-refractivity contribution in [2.45, 2.75) is 144 Å². The zero-order valence-electron chi connectivity index (χ0n) is 30.2. The monoisotopic (exact) mass is 642 g/mol. The lowest BCUT2D eigenvalue weighted by molar-refractivity contribution is -0.148. The van der Waals surface area contributed by atoms with E-state index in [1.807, 2.05) is 24.3 Å². The molecule has 0 aliphatic carbocycles. The molecule has 0 fully saturated rings. The fraction of sp³-hybridized carbons (Fsp3) is 0.632. The zero-order chi connectivity index (χ0) is 34.7. The van der Waals surface area contributed by atoms with E-state index in [2.05, 4.69) is 83.1 Å². The van der Waals surface area contributed by atoms with E-state index in [0.29, 0.717) is 11.5 Å². The molecule has 2 atom stereocenters. The quantitative estimate of drug-likeness (QED) is 0.249. The molecule has 0 saturated carbocycles. The van der Waals surface area contributed by atoms with Crippen molar-refractivity contribution in [2.75, 3.05) is 11.5 Å². The van der Waals surface area contributed by atoms with Crippen LogP contribution in [0.4, 0.5) is 0 Å². The van der Waals surface area contributed by atoms with E-state index in [1.54, 1.807) is 25.6 Å². The molecule has 0 spiro atoms. The summed E-state index contributed by atoms with van der Waals surface area (Å²) in [5.74, 6) is 0.798. The van der Waals surface area contributed by atoms with E-state index in [1.165, 1.54) is 0 Å². The predicted octanol–water partition coefficient (Wildman–Crippen LogP) is 9.71. The van der Waals surface area contributed by atoms with Crippen molar-refractivity contribution in [3.05, 3.63) is 57.6 Å². The van der Waals surface area contributed by atoms with Crippen molar-refractivity contribution in [2.24, 2.45) is 0 Å². The summed E-state index contributed by atoms with van der Waals surface area (Å²) in [7, 11) is 0. The highest BCUT2D eigenvalue weighted by Gasteiger charge is 2.31. The zero-order valence-corrected chi connectivity index (χ0v) is 31.0. The molecule has 0 aliphatic rings. The summed E-state index contributed by atoms with van der Waals surface area (Å²) in [4.78, 5) is 25.3. The Labute approximate surface area is 276 Å². The second kappa shape index (κ2) is 14.4. The van der Waals surface area contributed by atoms with Crippen molar-refractivity contribution in [3.8, 4) is 11.5 Å². The standard InChI is InChI=1S/C38H58O6S/c1-15-31(39)43-29(23-17-25(35(3,4)5)33(41)26(18-23)36(6,7)8)21-45-22-30(44-32(40)16-2)24-19-27(37(9,10)11)34(42)28(20-24)38(12,13)14/h17-20,29-30,41-42H,15-16,21-22H2,1-14H3. The smallest absolute Gasteiger partial charge is 0.306 e. The summed E-state index contributed by atoms with van der Waals surface area (Å²) in [5, 5.41) is 22.6. The van der Waals surface area contributed by atoms with Gasteiger partial charge in [0.1, 0.15) is 23.7 Å². The van der Waals surface area contributed by atoms with E-state index in [9.17, 15) is 19.8 Å².